The molecular formula is C20H25N5O. The number of aryl methyl sites for hydroxylation is 2. The number of nitrogens with one attached hydrogen (secondary N) is 1. The zero-order chi connectivity index (χ0) is 18.4. The number of rotatable bonds is 8. The highest BCUT2D eigenvalue weighted by Gasteiger charge is 2.12. The molecule has 0 aliphatic carbocycles. The van der Waals surface area contributed by atoms with E-state index in [-0.39, 0.29) is 5.91 Å². The van der Waals surface area contributed by atoms with E-state index in [1.807, 2.05) is 18.3 Å². The lowest BCUT2D eigenvalue weighted by molar-refractivity contribution is -0.116. The van der Waals surface area contributed by atoms with Gasteiger partial charge in [0, 0.05) is 43.7 Å². The van der Waals surface area contributed by atoms with Gasteiger partial charge < -0.3 is 9.88 Å². The summed E-state index contributed by atoms with van der Waals surface area (Å²) in [7, 11) is 0. The van der Waals surface area contributed by atoms with Crippen molar-refractivity contribution in [1.29, 1.82) is 0 Å². The Morgan fingerprint density at radius 2 is 2.00 bits per heavy atom. The zero-order valence-corrected chi connectivity index (χ0v) is 15.4. The molecule has 0 fully saturated rings. The Hall–Kier alpha value is -2.76. The van der Waals surface area contributed by atoms with Gasteiger partial charge in [-0.25, -0.2) is 9.97 Å². The fraction of sp³-hybridized carbons (Fsp3) is 0.400. The molecule has 0 aliphatic heterocycles. The molecule has 6 heteroatoms. The lowest BCUT2D eigenvalue weighted by Crippen LogP contribution is -2.12. The molecule has 3 aromatic rings. The maximum Gasteiger partial charge on any atom is 0.224 e. The van der Waals surface area contributed by atoms with Crippen molar-refractivity contribution in [1.82, 2.24) is 19.5 Å². The van der Waals surface area contributed by atoms with Crippen LogP contribution >= 0.6 is 0 Å². The van der Waals surface area contributed by atoms with Gasteiger partial charge >= 0.3 is 0 Å². The number of nitrogens with zero attached hydrogens (tertiary/aromatic N) is 4. The molecule has 1 N–H and O–H groups in total. The van der Waals surface area contributed by atoms with Crippen LogP contribution in [0.3, 0.4) is 0 Å². The van der Waals surface area contributed by atoms with Gasteiger partial charge in [0.25, 0.3) is 0 Å². The molecule has 0 aromatic carbocycles. The summed E-state index contributed by atoms with van der Waals surface area (Å²) in [6, 6.07) is 7.48. The van der Waals surface area contributed by atoms with Crippen LogP contribution in [0.5, 0.6) is 0 Å². The highest BCUT2D eigenvalue weighted by Crippen LogP contribution is 2.17. The Morgan fingerprint density at radius 1 is 1.19 bits per heavy atom. The molecule has 0 saturated carbocycles. The average Bonchev–Trinajstić information content (AvgIpc) is 2.98. The van der Waals surface area contributed by atoms with Crippen LogP contribution in [-0.4, -0.2) is 25.4 Å². The van der Waals surface area contributed by atoms with Crippen molar-refractivity contribution in [2.24, 2.45) is 5.92 Å². The molecule has 0 bridgehead atoms. The van der Waals surface area contributed by atoms with Gasteiger partial charge in [-0.15, -0.1) is 0 Å². The van der Waals surface area contributed by atoms with E-state index in [1.165, 1.54) is 0 Å². The number of carbonyl (C=O) groups excluding carboxylic acids is 1. The highest BCUT2D eigenvalue weighted by atomic mass is 16.1. The SMILES string of the molecule is CC(C)CCn1c(CCCC(=O)Nc2ccncc2)nc2cccnc21. The summed E-state index contributed by atoms with van der Waals surface area (Å²) in [6.07, 6.45) is 8.20. The van der Waals surface area contributed by atoms with Gasteiger partial charge in [0.1, 0.15) is 11.3 Å². The van der Waals surface area contributed by atoms with E-state index in [0.717, 1.165) is 48.5 Å². The van der Waals surface area contributed by atoms with Gasteiger partial charge in [-0.2, -0.15) is 0 Å². The van der Waals surface area contributed by atoms with E-state index in [4.69, 9.17) is 4.98 Å². The molecule has 0 unspecified atom stereocenters. The average molecular weight is 351 g/mol. The van der Waals surface area contributed by atoms with Crippen LogP contribution in [0.15, 0.2) is 42.9 Å². The first-order valence-electron chi connectivity index (χ1n) is 9.13. The van der Waals surface area contributed by atoms with Crippen LogP contribution < -0.4 is 5.32 Å². The third-order valence-electron chi connectivity index (χ3n) is 4.28. The van der Waals surface area contributed by atoms with E-state index in [9.17, 15) is 4.79 Å². The molecule has 136 valence electrons. The largest absolute Gasteiger partial charge is 0.326 e. The minimum atomic E-state index is 0.0131. The van der Waals surface area contributed by atoms with Crippen molar-refractivity contribution in [3.8, 4) is 0 Å². The van der Waals surface area contributed by atoms with Crippen molar-refractivity contribution in [2.75, 3.05) is 5.32 Å². The minimum absolute atomic E-state index is 0.0131. The van der Waals surface area contributed by atoms with Gasteiger partial charge in [-0.3, -0.25) is 9.78 Å². The maximum atomic E-state index is 12.1. The van der Waals surface area contributed by atoms with Crippen molar-refractivity contribution >= 4 is 22.8 Å². The second kappa shape index (κ2) is 8.56. The topological polar surface area (TPSA) is 72.7 Å². The van der Waals surface area contributed by atoms with Gasteiger partial charge in [-0.05, 0) is 43.0 Å². The molecule has 3 heterocycles. The van der Waals surface area contributed by atoms with Crippen molar-refractivity contribution < 1.29 is 4.79 Å². The zero-order valence-electron chi connectivity index (χ0n) is 15.4. The smallest absolute Gasteiger partial charge is 0.224 e. The first-order valence-corrected chi connectivity index (χ1v) is 9.13. The Kier molecular flexibility index (Phi) is 5.94. The highest BCUT2D eigenvalue weighted by molar-refractivity contribution is 5.90. The van der Waals surface area contributed by atoms with Gasteiger partial charge in [0.05, 0.1) is 0 Å². The predicted molar refractivity (Wildman–Crippen MR) is 103 cm³/mol. The third-order valence-corrected chi connectivity index (χ3v) is 4.28. The maximum absolute atomic E-state index is 12.1. The fourth-order valence-electron chi connectivity index (χ4n) is 2.88. The predicted octanol–water partition coefficient (Wildman–Crippen LogP) is 3.83. The van der Waals surface area contributed by atoms with E-state index in [1.54, 1.807) is 24.5 Å². The summed E-state index contributed by atoms with van der Waals surface area (Å²) in [5.41, 5.74) is 2.63. The molecule has 0 atom stereocenters. The van der Waals surface area contributed by atoms with E-state index in [2.05, 4.69) is 33.7 Å². The summed E-state index contributed by atoms with van der Waals surface area (Å²) in [6.45, 7) is 5.34. The van der Waals surface area contributed by atoms with Crippen molar-refractivity contribution in [2.45, 2.75) is 46.1 Å². The van der Waals surface area contributed by atoms with Crippen LogP contribution in [0.25, 0.3) is 11.2 Å². The Bertz CT molecular complexity index is 857. The van der Waals surface area contributed by atoms with Crippen LogP contribution in [0.4, 0.5) is 5.69 Å². The van der Waals surface area contributed by atoms with E-state index >= 15 is 0 Å². The number of hydrogen-bond acceptors (Lipinski definition) is 4. The van der Waals surface area contributed by atoms with Crippen LogP contribution in [0.2, 0.25) is 0 Å². The Labute approximate surface area is 153 Å². The molecule has 0 saturated heterocycles. The number of pyridine rings is 2. The van der Waals surface area contributed by atoms with Gasteiger partial charge in [-0.1, -0.05) is 13.8 Å². The van der Waals surface area contributed by atoms with E-state index in [0.29, 0.717) is 12.3 Å². The van der Waals surface area contributed by atoms with E-state index < -0.39 is 0 Å². The number of aromatic nitrogens is 4. The summed E-state index contributed by atoms with van der Waals surface area (Å²) in [5.74, 6) is 1.64. The lowest BCUT2D eigenvalue weighted by atomic mass is 10.1. The second-order valence-corrected chi connectivity index (χ2v) is 6.85. The summed E-state index contributed by atoms with van der Waals surface area (Å²) in [5, 5.41) is 2.89. The molecule has 1 amide bonds. The Morgan fingerprint density at radius 3 is 2.77 bits per heavy atom. The van der Waals surface area contributed by atoms with Crippen LogP contribution in [0, 0.1) is 5.92 Å². The normalized spacial score (nSPS) is 11.2. The number of fused-ring (bicyclic) bond motifs is 1. The summed E-state index contributed by atoms with van der Waals surface area (Å²) >= 11 is 0. The number of anilines is 1. The number of hydrogen-bond donors (Lipinski definition) is 1. The second-order valence-electron chi connectivity index (χ2n) is 6.85. The van der Waals surface area contributed by atoms with Crippen molar-refractivity contribution in [3.05, 3.63) is 48.7 Å². The minimum Gasteiger partial charge on any atom is -0.326 e. The van der Waals surface area contributed by atoms with Crippen molar-refractivity contribution in [3.63, 3.8) is 0 Å². The quantitative estimate of drug-likeness (QED) is 0.669. The number of imidazole rings is 1. The third kappa shape index (κ3) is 4.65. The first kappa shape index (κ1) is 18.0. The molecule has 6 nitrogen and oxygen atoms in total. The Balaban J connectivity index is 1.62. The lowest BCUT2D eigenvalue weighted by Gasteiger charge is -2.10. The first-order chi connectivity index (χ1) is 12.6. The molecule has 3 aromatic heterocycles. The van der Waals surface area contributed by atoms with Gasteiger partial charge in [0.2, 0.25) is 5.91 Å². The van der Waals surface area contributed by atoms with Crippen LogP contribution in [-0.2, 0) is 17.8 Å². The van der Waals surface area contributed by atoms with Crippen LogP contribution in [0.1, 0.15) is 38.9 Å². The number of amides is 1. The molecule has 0 spiro atoms. The molecule has 0 radical (unpaired) electrons. The molecular weight excluding hydrogens is 326 g/mol. The summed E-state index contributed by atoms with van der Waals surface area (Å²) < 4.78 is 2.20. The molecule has 26 heavy (non-hydrogen) atoms. The monoisotopic (exact) mass is 351 g/mol. The standard InChI is InChI=1S/C20H25N5O/c1-15(2)10-14-25-18(24-17-5-4-11-22-20(17)25)6-3-7-19(26)23-16-8-12-21-13-9-16/h4-5,8-9,11-13,15H,3,6-7,10,14H2,1-2H3,(H,21,23,26). The van der Waals surface area contributed by atoms with Gasteiger partial charge in [0.15, 0.2) is 5.65 Å². The fourth-order valence-corrected chi connectivity index (χ4v) is 2.88. The molecule has 0 aliphatic rings. The number of carbonyl (C=O) groups is 1. The molecule has 3 rings (SSSR count). The summed E-state index contributed by atoms with van der Waals surface area (Å²) in [4.78, 5) is 25.3.